The number of hydrazine groups is 1. The first-order valence-electron chi connectivity index (χ1n) is 6.44. The summed E-state index contributed by atoms with van der Waals surface area (Å²) in [4.78, 5) is 4.70. The lowest BCUT2D eigenvalue weighted by Crippen LogP contribution is -2.10. The van der Waals surface area contributed by atoms with E-state index in [1.807, 2.05) is 37.3 Å². The van der Waals surface area contributed by atoms with Gasteiger partial charge in [0.1, 0.15) is 0 Å². The molecule has 0 spiro atoms. The van der Waals surface area contributed by atoms with Gasteiger partial charge in [-0.05, 0) is 19.1 Å². The first-order chi connectivity index (χ1) is 10.1. The quantitative estimate of drug-likeness (QED) is 0.527. The van der Waals surface area contributed by atoms with Crippen molar-refractivity contribution in [1.29, 1.82) is 0 Å². The van der Waals surface area contributed by atoms with Crippen LogP contribution >= 0.6 is 23.2 Å². The minimum absolute atomic E-state index is 0.545. The Morgan fingerprint density at radius 3 is 2.33 bits per heavy atom. The van der Waals surface area contributed by atoms with Crippen LogP contribution in [-0.4, -0.2) is 4.98 Å². The first-order valence-corrected chi connectivity index (χ1v) is 7.19. The molecule has 0 saturated heterocycles. The second-order valence-electron chi connectivity index (χ2n) is 4.72. The van der Waals surface area contributed by atoms with E-state index in [1.165, 1.54) is 0 Å². The van der Waals surface area contributed by atoms with Crippen LogP contribution in [0, 0.1) is 6.92 Å². The molecule has 0 aliphatic heterocycles. The predicted molar refractivity (Wildman–Crippen MR) is 89.7 cm³/mol. The lowest BCUT2D eigenvalue weighted by molar-refractivity contribution is 1.28. The van der Waals surface area contributed by atoms with Gasteiger partial charge in [0.15, 0.2) is 0 Å². The number of rotatable bonds is 2. The molecule has 0 atom stereocenters. The molecule has 0 radical (unpaired) electrons. The summed E-state index contributed by atoms with van der Waals surface area (Å²) in [5.41, 5.74) is 6.88. The standard InChI is InChI=1S/C16H13Cl2N3/c1-9-14(10-5-3-2-4-6-10)20-16-12(18)8-7-11(17)13(16)15(9)21-19/h2-8H,19H2,1H3,(H,20,21). The van der Waals surface area contributed by atoms with Crippen molar-refractivity contribution in [3.63, 3.8) is 0 Å². The zero-order chi connectivity index (χ0) is 15.0. The Morgan fingerprint density at radius 2 is 1.67 bits per heavy atom. The summed E-state index contributed by atoms with van der Waals surface area (Å²) in [6.07, 6.45) is 0. The van der Waals surface area contributed by atoms with Crippen molar-refractivity contribution in [2.24, 2.45) is 5.84 Å². The molecule has 0 aliphatic carbocycles. The van der Waals surface area contributed by atoms with E-state index in [1.54, 1.807) is 12.1 Å². The van der Waals surface area contributed by atoms with Gasteiger partial charge in [-0.1, -0.05) is 53.5 Å². The molecule has 2 aromatic carbocycles. The molecule has 3 nitrogen and oxygen atoms in total. The monoisotopic (exact) mass is 317 g/mol. The van der Waals surface area contributed by atoms with Crippen molar-refractivity contribution < 1.29 is 0 Å². The molecule has 0 unspecified atom stereocenters. The molecule has 5 heteroatoms. The second-order valence-corrected chi connectivity index (χ2v) is 5.54. The van der Waals surface area contributed by atoms with Crippen molar-refractivity contribution in [2.75, 3.05) is 5.43 Å². The number of nitrogens with one attached hydrogen (secondary N) is 1. The number of nitrogens with zero attached hydrogens (tertiary/aromatic N) is 1. The molecule has 0 aliphatic rings. The molecule has 21 heavy (non-hydrogen) atoms. The van der Waals surface area contributed by atoms with Gasteiger partial charge in [-0.15, -0.1) is 0 Å². The van der Waals surface area contributed by atoms with Crippen LogP contribution in [-0.2, 0) is 0 Å². The Bertz CT molecular complexity index is 817. The van der Waals surface area contributed by atoms with E-state index >= 15 is 0 Å². The summed E-state index contributed by atoms with van der Waals surface area (Å²) < 4.78 is 0. The van der Waals surface area contributed by atoms with Gasteiger partial charge >= 0.3 is 0 Å². The summed E-state index contributed by atoms with van der Waals surface area (Å²) in [6, 6.07) is 13.4. The Hall–Kier alpha value is -1.81. The van der Waals surface area contributed by atoms with Crippen LogP contribution in [0.15, 0.2) is 42.5 Å². The van der Waals surface area contributed by atoms with Crippen molar-refractivity contribution in [1.82, 2.24) is 4.98 Å². The first kappa shape index (κ1) is 14.1. The van der Waals surface area contributed by atoms with Gasteiger partial charge in [0.05, 0.1) is 26.9 Å². The summed E-state index contributed by atoms with van der Waals surface area (Å²) in [7, 11) is 0. The van der Waals surface area contributed by atoms with E-state index in [4.69, 9.17) is 34.0 Å². The van der Waals surface area contributed by atoms with E-state index in [0.717, 1.165) is 27.9 Å². The van der Waals surface area contributed by atoms with Crippen LogP contribution in [0.2, 0.25) is 10.0 Å². The van der Waals surface area contributed by atoms with Crippen molar-refractivity contribution >= 4 is 39.8 Å². The predicted octanol–water partition coefficient (Wildman–Crippen LogP) is 4.80. The lowest BCUT2D eigenvalue weighted by Gasteiger charge is -2.15. The minimum Gasteiger partial charge on any atom is -0.323 e. The van der Waals surface area contributed by atoms with Crippen LogP contribution in [0.1, 0.15) is 5.56 Å². The van der Waals surface area contributed by atoms with Crippen LogP contribution in [0.4, 0.5) is 5.69 Å². The smallest absolute Gasteiger partial charge is 0.0932 e. The van der Waals surface area contributed by atoms with Crippen LogP contribution < -0.4 is 11.3 Å². The Balaban J connectivity index is 2.44. The van der Waals surface area contributed by atoms with Gasteiger partial charge in [0.2, 0.25) is 0 Å². The maximum absolute atomic E-state index is 6.29. The normalized spacial score (nSPS) is 10.9. The highest BCUT2D eigenvalue weighted by atomic mass is 35.5. The largest absolute Gasteiger partial charge is 0.323 e. The van der Waals surface area contributed by atoms with Crippen LogP contribution in [0.3, 0.4) is 0 Å². The summed E-state index contributed by atoms with van der Waals surface area (Å²) in [5, 5.41) is 1.85. The third-order valence-electron chi connectivity index (χ3n) is 3.47. The number of pyridine rings is 1. The number of anilines is 1. The molecule has 3 rings (SSSR count). The van der Waals surface area contributed by atoms with Gasteiger partial charge in [0, 0.05) is 16.5 Å². The molecule has 0 saturated carbocycles. The van der Waals surface area contributed by atoms with E-state index < -0.39 is 0 Å². The molecule has 1 aromatic heterocycles. The van der Waals surface area contributed by atoms with Crippen LogP contribution in [0.25, 0.3) is 22.2 Å². The highest BCUT2D eigenvalue weighted by Gasteiger charge is 2.16. The Morgan fingerprint density at radius 1 is 1.00 bits per heavy atom. The average molecular weight is 318 g/mol. The number of aromatic nitrogens is 1. The Labute approximate surface area is 132 Å². The zero-order valence-corrected chi connectivity index (χ0v) is 12.8. The average Bonchev–Trinajstić information content (AvgIpc) is 2.51. The molecule has 106 valence electrons. The number of nitrogens with two attached hydrogens (primary N) is 1. The van der Waals surface area contributed by atoms with E-state index in [-0.39, 0.29) is 0 Å². The number of hydrogen-bond acceptors (Lipinski definition) is 3. The maximum Gasteiger partial charge on any atom is 0.0932 e. The van der Waals surface area contributed by atoms with Crippen LogP contribution in [0.5, 0.6) is 0 Å². The van der Waals surface area contributed by atoms with Crippen molar-refractivity contribution in [3.8, 4) is 11.3 Å². The van der Waals surface area contributed by atoms with E-state index in [0.29, 0.717) is 15.6 Å². The molecule has 3 aromatic rings. The van der Waals surface area contributed by atoms with Gasteiger partial charge in [-0.25, -0.2) is 4.98 Å². The number of nitrogen functional groups attached to an aromatic ring is 1. The molecule has 3 N–H and O–H groups in total. The topological polar surface area (TPSA) is 50.9 Å². The lowest BCUT2D eigenvalue weighted by atomic mass is 10.0. The molecule has 0 fully saturated rings. The molecular formula is C16H13Cl2N3. The second kappa shape index (κ2) is 5.53. The van der Waals surface area contributed by atoms with E-state index in [9.17, 15) is 0 Å². The number of benzene rings is 2. The highest BCUT2D eigenvalue weighted by Crippen LogP contribution is 2.39. The van der Waals surface area contributed by atoms with Gasteiger partial charge < -0.3 is 5.43 Å². The van der Waals surface area contributed by atoms with Gasteiger partial charge in [0.25, 0.3) is 0 Å². The Kier molecular flexibility index (Phi) is 3.72. The molecule has 0 bridgehead atoms. The number of halogens is 2. The fourth-order valence-electron chi connectivity index (χ4n) is 2.45. The van der Waals surface area contributed by atoms with Crippen molar-refractivity contribution in [3.05, 3.63) is 58.1 Å². The fourth-order valence-corrected chi connectivity index (χ4v) is 2.89. The summed E-state index contributed by atoms with van der Waals surface area (Å²) >= 11 is 12.6. The fraction of sp³-hybridized carbons (Fsp3) is 0.0625. The summed E-state index contributed by atoms with van der Waals surface area (Å²) in [5.74, 6) is 5.70. The van der Waals surface area contributed by atoms with Gasteiger partial charge in [-0.3, -0.25) is 5.84 Å². The zero-order valence-electron chi connectivity index (χ0n) is 11.3. The van der Waals surface area contributed by atoms with Crippen molar-refractivity contribution in [2.45, 2.75) is 6.92 Å². The molecule has 0 amide bonds. The third-order valence-corrected chi connectivity index (χ3v) is 4.09. The highest BCUT2D eigenvalue weighted by molar-refractivity contribution is 6.41. The third kappa shape index (κ3) is 2.33. The summed E-state index contributed by atoms with van der Waals surface area (Å²) in [6.45, 7) is 1.96. The SMILES string of the molecule is Cc1c(-c2ccccc2)nc2c(Cl)ccc(Cl)c2c1NN. The maximum atomic E-state index is 6.29. The van der Waals surface area contributed by atoms with E-state index in [2.05, 4.69) is 5.43 Å². The molecular weight excluding hydrogens is 305 g/mol. The van der Waals surface area contributed by atoms with Gasteiger partial charge in [-0.2, -0.15) is 0 Å². The number of fused-ring (bicyclic) bond motifs is 1. The minimum atomic E-state index is 0.545. The number of hydrogen-bond donors (Lipinski definition) is 2. The molecule has 1 heterocycles.